The van der Waals surface area contributed by atoms with E-state index in [9.17, 15) is 9.18 Å². The smallest absolute Gasteiger partial charge is 0.244 e. The second-order valence-corrected chi connectivity index (χ2v) is 8.14. The van der Waals surface area contributed by atoms with Crippen LogP contribution in [-0.4, -0.2) is 42.9 Å². The lowest BCUT2D eigenvalue weighted by molar-refractivity contribution is -0.130. The molecule has 1 heterocycles. The number of carbonyl (C=O) groups is 1. The molecule has 5 nitrogen and oxygen atoms in total. The van der Waals surface area contributed by atoms with Crippen molar-refractivity contribution in [2.75, 3.05) is 26.2 Å². The number of amides is 1. The second-order valence-electron chi connectivity index (χ2n) is 8.14. The fraction of sp³-hybridized carbons (Fsp3) is 0.417. The standard InChI is InChI=1S/C24H29FN4O/c1-2-26-23(28-17-24(12-13-24)20-9-5-6-10-21(20)25)27-15-22(30)29-14-11-18-7-3-4-8-19(18)16-29/h3-10H,2,11-17H2,1H3,(H2,26,27,28). The molecule has 2 aliphatic rings. The SMILES string of the molecule is CCNC(=NCC(=O)N1CCc2ccccc2C1)NCC1(c2ccccc2F)CC1. The predicted octanol–water partition coefficient (Wildman–Crippen LogP) is 3.00. The lowest BCUT2D eigenvalue weighted by atomic mass is 9.95. The van der Waals surface area contributed by atoms with Crippen LogP contribution in [0.2, 0.25) is 0 Å². The summed E-state index contributed by atoms with van der Waals surface area (Å²) in [5.41, 5.74) is 3.12. The van der Waals surface area contributed by atoms with Crippen molar-refractivity contribution in [1.29, 1.82) is 0 Å². The molecule has 0 spiro atoms. The molecule has 2 aromatic rings. The lowest BCUT2D eigenvalue weighted by Crippen LogP contribution is -2.43. The molecule has 6 heteroatoms. The third-order valence-corrected chi connectivity index (χ3v) is 6.09. The number of guanidine groups is 1. The zero-order chi connectivity index (χ0) is 21.0. The Balaban J connectivity index is 1.36. The molecular weight excluding hydrogens is 379 g/mol. The normalized spacial score (nSPS) is 17.3. The molecule has 0 aromatic heterocycles. The Kier molecular flexibility index (Phi) is 6.02. The van der Waals surface area contributed by atoms with Gasteiger partial charge in [-0.15, -0.1) is 0 Å². The molecule has 1 aliphatic carbocycles. The molecule has 1 aliphatic heterocycles. The lowest BCUT2D eigenvalue weighted by Gasteiger charge is -2.28. The van der Waals surface area contributed by atoms with Crippen molar-refractivity contribution in [2.24, 2.45) is 4.99 Å². The number of rotatable bonds is 6. The van der Waals surface area contributed by atoms with Gasteiger partial charge >= 0.3 is 0 Å². The summed E-state index contributed by atoms with van der Waals surface area (Å²) >= 11 is 0. The van der Waals surface area contributed by atoms with Crippen LogP contribution in [-0.2, 0) is 23.2 Å². The summed E-state index contributed by atoms with van der Waals surface area (Å²) in [6.07, 6.45) is 2.79. The average molecular weight is 409 g/mol. The zero-order valence-corrected chi connectivity index (χ0v) is 17.5. The van der Waals surface area contributed by atoms with Crippen LogP contribution in [0.15, 0.2) is 53.5 Å². The number of hydrogen-bond donors (Lipinski definition) is 2. The predicted molar refractivity (Wildman–Crippen MR) is 117 cm³/mol. The van der Waals surface area contributed by atoms with Gasteiger partial charge in [-0.1, -0.05) is 42.5 Å². The summed E-state index contributed by atoms with van der Waals surface area (Å²) in [5.74, 6) is 0.474. The van der Waals surface area contributed by atoms with E-state index in [4.69, 9.17) is 0 Å². The quantitative estimate of drug-likeness (QED) is 0.571. The van der Waals surface area contributed by atoms with Gasteiger partial charge in [0.15, 0.2) is 5.96 Å². The summed E-state index contributed by atoms with van der Waals surface area (Å²) in [6, 6.07) is 15.3. The summed E-state index contributed by atoms with van der Waals surface area (Å²) < 4.78 is 14.2. The average Bonchev–Trinajstić information content (AvgIpc) is 3.56. The first kappa shape index (κ1) is 20.4. The van der Waals surface area contributed by atoms with Gasteiger partial charge in [0, 0.05) is 31.6 Å². The summed E-state index contributed by atoms with van der Waals surface area (Å²) in [7, 11) is 0. The van der Waals surface area contributed by atoms with Crippen LogP contribution >= 0.6 is 0 Å². The molecule has 2 aromatic carbocycles. The van der Waals surface area contributed by atoms with Crippen molar-refractivity contribution in [2.45, 2.75) is 38.1 Å². The monoisotopic (exact) mass is 408 g/mol. The number of nitrogens with one attached hydrogen (secondary N) is 2. The molecule has 0 bridgehead atoms. The number of benzene rings is 2. The molecule has 1 fully saturated rings. The van der Waals surface area contributed by atoms with Gasteiger partial charge in [-0.05, 0) is 48.9 Å². The Morgan fingerprint density at radius 1 is 1.10 bits per heavy atom. The fourth-order valence-electron chi connectivity index (χ4n) is 4.13. The third-order valence-electron chi connectivity index (χ3n) is 6.09. The van der Waals surface area contributed by atoms with Gasteiger partial charge in [0.05, 0.1) is 0 Å². The van der Waals surface area contributed by atoms with Gasteiger partial charge in [-0.25, -0.2) is 9.38 Å². The minimum Gasteiger partial charge on any atom is -0.357 e. The Hall–Kier alpha value is -2.89. The van der Waals surface area contributed by atoms with E-state index in [1.54, 1.807) is 6.07 Å². The van der Waals surface area contributed by atoms with Crippen LogP contribution in [0.3, 0.4) is 0 Å². The summed E-state index contributed by atoms with van der Waals surface area (Å²) in [4.78, 5) is 19.1. The van der Waals surface area contributed by atoms with Gasteiger partial charge < -0.3 is 15.5 Å². The molecule has 0 radical (unpaired) electrons. The first-order valence-electron chi connectivity index (χ1n) is 10.7. The molecule has 30 heavy (non-hydrogen) atoms. The highest BCUT2D eigenvalue weighted by Gasteiger charge is 2.45. The summed E-state index contributed by atoms with van der Waals surface area (Å²) in [6.45, 7) is 4.76. The van der Waals surface area contributed by atoms with Crippen LogP contribution in [0, 0.1) is 5.82 Å². The van der Waals surface area contributed by atoms with E-state index in [0.717, 1.165) is 31.4 Å². The minimum atomic E-state index is -0.178. The third kappa shape index (κ3) is 4.48. The number of fused-ring (bicyclic) bond motifs is 1. The molecule has 2 N–H and O–H groups in total. The maximum atomic E-state index is 14.2. The van der Waals surface area contributed by atoms with Crippen molar-refractivity contribution >= 4 is 11.9 Å². The molecule has 0 atom stereocenters. The number of halogens is 1. The Labute approximate surface area is 177 Å². The Morgan fingerprint density at radius 3 is 2.57 bits per heavy atom. The van der Waals surface area contributed by atoms with Crippen molar-refractivity contribution in [1.82, 2.24) is 15.5 Å². The fourth-order valence-corrected chi connectivity index (χ4v) is 4.13. The van der Waals surface area contributed by atoms with E-state index in [2.05, 4.69) is 27.8 Å². The summed E-state index contributed by atoms with van der Waals surface area (Å²) in [5, 5.41) is 6.52. The highest BCUT2D eigenvalue weighted by molar-refractivity contribution is 5.85. The molecule has 1 saturated carbocycles. The van der Waals surface area contributed by atoms with E-state index in [-0.39, 0.29) is 23.7 Å². The van der Waals surface area contributed by atoms with Crippen LogP contribution < -0.4 is 10.6 Å². The maximum Gasteiger partial charge on any atom is 0.244 e. The first-order valence-corrected chi connectivity index (χ1v) is 10.7. The van der Waals surface area contributed by atoms with Gasteiger partial charge in [0.25, 0.3) is 0 Å². The Bertz CT molecular complexity index is 938. The number of aliphatic imine (C=N–C) groups is 1. The van der Waals surface area contributed by atoms with E-state index < -0.39 is 0 Å². The van der Waals surface area contributed by atoms with Crippen molar-refractivity contribution < 1.29 is 9.18 Å². The minimum absolute atomic E-state index is 0.0249. The molecular formula is C24H29FN4O. The second kappa shape index (κ2) is 8.86. The van der Waals surface area contributed by atoms with E-state index in [0.29, 0.717) is 25.6 Å². The van der Waals surface area contributed by atoms with E-state index in [1.165, 1.54) is 17.2 Å². The van der Waals surface area contributed by atoms with Crippen molar-refractivity contribution in [3.8, 4) is 0 Å². The highest BCUT2D eigenvalue weighted by Crippen LogP contribution is 2.48. The maximum absolute atomic E-state index is 14.2. The molecule has 158 valence electrons. The van der Waals surface area contributed by atoms with Crippen LogP contribution in [0.1, 0.15) is 36.5 Å². The highest BCUT2D eigenvalue weighted by atomic mass is 19.1. The zero-order valence-electron chi connectivity index (χ0n) is 17.5. The van der Waals surface area contributed by atoms with Gasteiger partial charge in [-0.2, -0.15) is 0 Å². The molecule has 4 rings (SSSR count). The van der Waals surface area contributed by atoms with Crippen molar-refractivity contribution in [3.05, 3.63) is 71.0 Å². The van der Waals surface area contributed by atoms with Gasteiger partial charge in [-0.3, -0.25) is 4.79 Å². The largest absolute Gasteiger partial charge is 0.357 e. The van der Waals surface area contributed by atoms with Gasteiger partial charge in [0.2, 0.25) is 5.91 Å². The van der Waals surface area contributed by atoms with E-state index in [1.807, 2.05) is 36.1 Å². The number of nitrogens with zero attached hydrogens (tertiary/aromatic N) is 2. The molecule has 1 amide bonds. The van der Waals surface area contributed by atoms with Crippen LogP contribution in [0.5, 0.6) is 0 Å². The van der Waals surface area contributed by atoms with Crippen molar-refractivity contribution in [3.63, 3.8) is 0 Å². The number of carbonyl (C=O) groups excluding carboxylic acids is 1. The first-order chi connectivity index (χ1) is 14.6. The van der Waals surface area contributed by atoms with Crippen LogP contribution in [0.4, 0.5) is 4.39 Å². The van der Waals surface area contributed by atoms with E-state index >= 15 is 0 Å². The van der Waals surface area contributed by atoms with Crippen LogP contribution in [0.25, 0.3) is 0 Å². The van der Waals surface area contributed by atoms with Gasteiger partial charge in [0.1, 0.15) is 12.4 Å². The topological polar surface area (TPSA) is 56.7 Å². The molecule has 0 saturated heterocycles. The molecule has 0 unspecified atom stereocenters. The number of hydrogen-bond acceptors (Lipinski definition) is 2. The Morgan fingerprint density at radius 2 is 1.83 bits per heavy atom.